The number of nitrogens with two attached hydrogens (primary N) is 1. The van der Waals surface area contributed by atoms with E-state index in [1.165, 1.54) is 32.1 Å². The van der Waals surface area contributed by atoms with Gasteiger partial charge in [-0.1, -0.05) is 33.1 Å². The zero-order valence-corrected chi connectivity index (χ0v) is 14.1. The van der Waals surface area contributed by atoms with Crippen LogP contribution in [0.15, 0.2) is 6.07 Å². The van der Waals surface area contributed by atoms with E-state index in [9.17, 15) is 0 Å². The summed E-state index contributed by atoms with van der Waals surface area (Å²) in [4.78, 5) is 8.99. The maximum atomic E-state index is 5.51. The number of aromatic nitrogens is 2. The first-order chi connectivity index (χ1) is 10.1. The van der Waals surface area contributed by atoms with Crippen LogP contribution in [0, 0.1) is 0 Å². The molecule has 6 heteroatoms. The normalized spacial score (nSPS) is 17.8. The molecule has 1 aliphatic carbocycles. The fourth-order valence-corrected chi connectivity index (χ4v) is 3.70. The van der Waals surface area contributed by atoms with Gasteiger partial charge in [-0.25, -0.2) is 15.8 Å². The Bertz CT molecular complexity index is 457. The Hall–Kier alpha value is -1.01. The number of hydrogen-bond donors (Lipinski definition) is 3. The quantitative estimate of drug-likeness (QED) is 0.552. The smallest absolute Gasteiger partial charge is 0.145 e. The summed E-state index contributed by atoms with van der Waals surface area (Å²) < 4.78 is 0.345. The van der Waals surface area contributed by atoms with Gasteiger partial charge >= 0.3 is 0 Å². The molecular formula is C15H27N5S. The molecule has 0 aromatic carbocycles. The number of hydrazine groups is 1. The minimum atomic E-state index is 0.281. The average molecular weight is 309 g/mol. The molecule has 0 aliphatic heterocycles. The number of anilines is 2. The predicted molar refractivity (Wildman–Crippen MR) is 91.8 cm³/mol. The molecular weight excluding hydrogens is 282 g/mol. The molecule has 118 valence electrons. The van der Waals surface area contributed by atoms with Crippen LogP contribution in [-0.4, -0.2) is 27.5 Å². The second kappa shape index (κ2) is 7.31. The molecule has 0 radical (unpaired) electrons. The molecule has 0 bridgehead atoms. The molecule has 0 unspecified atom stereocenters. The van der Waals surface area contributed by atoms with Gasteiger partial charge in [-0.15, -0.1) is 0 Å². The van der Waals surface area contributed by atoms with Crippen LogP contribution >= 0.6 is 11.8 Å². The fourth-order valence-electron chi connectivity index (χ4n) is 2.79. The number of nitrogens with zero attached hydrogens (tertiary/aromatic N) is 2. The number of nitrogen functional groups attached to an aromatic ring is 1. The molecule has 0 atom stereocenters. The van der Waals surface area contributed by atoms with Crippen molar-refractivity contribution in [2.75, 3.05) is 23.5 Å². The average Bonchev–Trinajstić information content (AvgIpc) is 2.53. The highest BCUT2D eigenvalue weighted by Crippen LogP contribution is 2.38. The fraction of sp³-hybridized carbons (Fsp3) is 0.733. The summed E-state index contributed by atoms with van der Waals surface area (Å²) in [5.41, 5.74) is 2.63. The van der Waals surface area contributed by atoms with Gasteiger partial charge in [0.05, 0.1) is 0 Å². The summed E-state index contributed by atoms with van der Waals surface area (Å²) in [6.45, 7) is 5.13. The van der Waals surface area contributed by atoms with Crippen LogP contribution in [0.25, 0.3) is 0 Å². The van der Waals surface area contributed by atoms with Crippen molar-refractivity contribution in [3.8, 4) is 0 Å². The van der Waals surface area contributed by atoms with Gasteiger partial charge in [0.1, 0.15) is 17.5 Å². The van der Waals surface area contributed by atoms with Crippen LogP contribution < -0.4 is 16.6 Å². The SMILES string of the molecule is CSC1(CNc2cc(NN)nc(C(C)C)n2)CCCCC1. The molecule has 5 nitrogen and oxygen atoms in total. The predicted octanol–water partition coefficient (Wildman–Crippen LogP) is 3.36. The molecule has 1 aliphatic rings. The van der Waals surface area contributed by atoms with Crippen LogP contribution in [-0.2, 0) is 0 Å². The lowest BCUT2D eigenvalue weighted by molar-refractivity contribution is 0.411. The molecule has 1 aromatic rings. The first-order valence-electron chi connectivity index (χ1n) is 7.73. The maximum Gasteiger partial charge on any atom is 0.145 e. The van der Waals surface area contributed by atoms with Crippen molar-refractivity contribution in [1.29, 1.82) is 0 Å². The van der Waals surface area contributed by atoms with Gasteiger partial charge in [0.15, 0.2) is 0 Å². The standard InChI is InChI=1S/C15H27N5S/c1-11(2)14-18-12(9-13(19-14)20-16)17-10-15(21-3)7-5-4-6-8-15/h9,11H,4-8,10,16H2,1-3H3,(H2,17,18,19,20). The molecule has 0 saturated heterocycles. The third-order valence-electron chi connectivity index (χ3n) is 4.20. The molecule has 1 heterocycles. The zero-order chi connectivity index (χ0) is 15.3. The monoisotopic (exact) mass is 309 g/mol. The topological polar surface area (TPSA) is 75.9 Å². The third kappa shape index (κ3) is 4.23. The van der Waals surface area contributed by atoms with E-state index in [1.54, 1.807) is 0 Å². The van der Waals surface area contributed by atoms with Crippen molar-refractivity contribution in [1.82, 2.24) is 9.97 Å². The molecule has 21 heavy (non-hydrogen) atoms. The van der Waals surface area contributed by atoms with Crippen LogP contribution in [0.1, 0.15) is 57.7 Å². The zero-order valence-electron chi connectivity index (χ0n) is 13.3. The first-order valence-corrected chi connectivity index (χ1v) is 8.96. The largest absolute Gasteiger partial charge is 0.369 e. The summed E-state index contributed by atoms with van der Waals surface area (Å²) in [7, 11) is 0. The minimum Gasteiger partial charge on any atom is -0.369 e. The Morgan fingerprint density at radius 2 is 1.90 bits per heavy atom. The first kappa shape index (κ1) is 16.4. The van der Waals surface area contributed by atoms with Crippen molar-refractivity contribution in [3.63, 3.8) is 0 Å². The molecule has 4 N–H and O–H groups in total. The van der Waals surface area contributed by atoms with Gasteiger partial charge in [0, 0.05) is 23.3 Å². The van der Waals surface area contributed by atoms with Gasteiger partial charge in [-0.05, 0) is 19.1 Å². The summed E-state index contributed by atoms with van der Waals surface area (Å²) in [5.74, 6) is 8.13. The summed E-state index contributed by atoms with van der Waals surface area (Å²) >= 11 is 1.99. The van der Waals surface area contributed by atoms with Gasteiger partial charge in [0.2, 0.25) is 0 Å². The molecule has 2 rings (SSSR count). The van der Waals surface area contributed by atoms with E-state index in [0.29, 0.717) is 10.6 Å². The Balaban J connectivity index is 2.09. The van der Waals surface area contributed by atoms with Gasteiger partial charge in [-0.2, -0.15) is 11.8 Å². The second-order valence-corrected chi connectivity index (χ2v) is 7.37. The number of hydrogen-bond acceptors (Lipinski definition) is 6. The highest BCUT2D eigenvalue weighted by Gasteiger charge is 2.31. The Morgan fingerprint density at radius 3 is 2.48 bits per heavy atom. The van der Waals surface area contributed by atoms with Gasteiger partial charge in [-0.3, -0.25) is 0 Å². The van der Waals surface area contributed by atoms with E-state index in [1.807, 2.05) is 17.8 Å². The van der Waals surface area contributed by atoms with Crippen molar-refractivity contribution in [2.45, 2.75) is 56.6 Å². The van der Waals surface area contributed by atoms with E-state index in [4.69, 9.17) is 5.84 Å². The Kier molecular flexibility index (Phi) is 5.70. The van der Waals surface area contributed by atoms with E-state index < -0.39 is 0 Å². The van der Waals surface area contributed by atoms with Gasteiger partial charge < -0.3 is 10.7 Å². The summed E-state index contributed by atoms with van der Waals surface area (Å²) in [5, 5.41) is 3.51. The van der Waals surface area contributed by atoms with Crippen LogP contribution in [0.2, 0.25) is 0 Å². The number of thioether (sulfide) groups is 1. The van der Waals surface area contributed by atoms with Crippen molar-refractivity contribution in [3.05, 3.63) is 11.9 Å². The van der Waals surface area contributed by atoms with E-state index >= 15 is 0 Å². The van der Waals surface area contributed by atoms with Crippen molar-refractivity contribution >= 4 is 23.4 Å². The lowest BCUT2D eigenvalue weighted by atomic mass is 9.88. The second-order valence-electron chi connectivity index (χ2n) is 6.10. The van der Waals surface area contributed by atoms with Crippen LogP contribution in [0.4, 0.5) is 11.6 Å². The highest BCUT2D eigenvalue weighted by atomic mass is 32.2. The number of nitrogens with one attached hydrogen (secondary N) is 2. The molecule has 1 aromatic heterocycles. The number of rotatable bonds is 6. The van der Waals surface area contributed by atoms with Crippen LogP contribution in [0.5, 0.6) is 0 Å². The Labute approximate surface area is 131 Å². The van der Waals surface area contributed by atoms with E-state index in [2.05, 4.69) is 40.8 Å². The lowest BCUT2D eigenvalue weighted by Crippen LogP contribution is -2.35. The molecule has 1 saturated carbocycles. The lowest BCUT2D eigenvalue weighted by Gasteiger charge is -2.36. The van der Waals surface area contributed by atoms with Crippen molar-refractivity contribution in [2.24, 2.45) is 5.84 Å². The summed E-state index contributed by atoms with van der Waals surface area (Å²) in [6, 6.07) is 1.88. The van der Waals surface area contributed by atoms with E-state index in [-0.39, 0.29) is 5.92 Å². The van der Waals surface area contributed by atoms with Crippen molar-refractivity contribution < 1.29 is 0 Å². The molecule has 0 spiro atoms. The van der Waals surface area contributed by atoms with Gasteiger partial charge in [0.25, 0.3) is 0 Å². The molecule has 0 amide bonds. The Morgan fingerprint density at radius 1 is 1.24 bits per heavy atom. The van der Waals surface area contributed by atoms with Crippen LogP contribution in [0.3, 0.4) is 0 Å². The summed E-state index contributed by atoms with van der Waals surface area (Å²) in [6.07, 6.45) is 8.82. The maximum absolute atomic E-state index is 5.51. The minimum absolute atomic E-state index is 0.281. The third-order valence-corrected chi connectivity index (χ3v) is 5.62. The molecule has 1 fully saturated rings. The van der Waals surface area contributed by atoms with E-state index in [0.717, 1.165) is 18.2 Å². The highest BCUT2D eigenvalue weighted by molar-refractivity contribution is 8.00.